The highest BCUT2D eigenvalue weighted by Gasteiger charge is 2.00. The van der Waals surface area contributed by atoms with Crippen LogP contribution >= 0.6 is 11.8 Å². The highest BCUT2D eigenvalue weighted by molar-refractivity contribution is 8.03. The first-order chi connectivity index (χ1) is 6.16. The van der Waals surface area contributed by atoms with Crippen molar-refractivity contribution in [2.75, 3.05) is 5.75 Å². The minimum atomic E-state index is 0.747. The van der Waals surface area contributed by atoms with Gasteiger partial charge in [-0.15, -0.1) is 0 Å². The molecule has 0 spiro atoms. The molecule has 0 heterocycles. The predicted octanol–water partition coefficient (Wildman–Crippen LogP) is 3.97. The molecular formula is C11H19NS. The zero-order valence-electron chi connectivity index (χ0n) is 8.84. The summed E-state index contributed by atoms with van der Waals surface area (Å²) < 4.78 is 0. The first kappa shape index (κ1) is 12.6. The Balaban J connectivity index is 3.36. The van der Waals surface area contributed by atoms with Gasteiger partial charge in [0.1, 0.15) is 5.40 Å². The molecule has 1 unspecified atom stereocenters. The molecular weight excluding hydrogens is 178 g/mol. The van der Waals surface area contributed by atoms with Crippen molar-refractivity contribution in [3.8, 4) is 5.40 Å². The van der Waals surface area contributed by atoms with Gasteiger partial charge in [0.05, 0.1) is 0 Å². The van der Waals surface area contributed by atoms with Crippen molar-refractivity contribution in [1.29, 1.82) is 5.26 Å². The van der Waals surface area contributed by atoms with E-state index in [1.807, 2.05) is 0 Å². The monoisotopic (exact) mass is 197 g/mol. The van der Waals surface area contributed by atoms with E-state index >= 15 is 0 Å². The van der Waals surface area contributed by atoms with E-state index in [0.717, 1.165) is 18.1 Å². The molecule has 0 aromatic carbocycles. The summed E-state index contributed by atoms with van der Waals surface area (Å²) in [5.74, 6) is 1.73. The molecule has 0 amide bonds. The van der Waals surface area contributed by atoms with E-state index in [9.17, 15) is 0 Å². The Morgan fingerprint density at radius 1 is 1.46 bits per heavy atom. The van der Waals surface area contributed by atoms with Crippen LogP contribution in [-0.4, -0.2) is 5.75 Å². The van der Waals surface area contributed by atoms with Gasteiger partial charge < -0.3 is 0 Å². The summed E-state index contributed by atoms with van der Waals surface area (Å²) in [6, 6.07) is 0. The lowest BCUT2D eigenvalue weighted by Crippen LogP contribution is -1.95. The lowest BCUT2D eigenvalue weighted by Gasteiger charge is -2.07. The van der Waals surface area contributed by atoms with Gasteiger partial charge in [-0.05, 0) is 50.8 Å². The van der Waals surface area contributed by atoms with Crippen LogP contribution in [0.2, 0.25) is 0 Å². The number of thioether (sulfide) groups is 1. The predicted molar refractivity (Wildman–Crippen MR) is 60.5 cm³/mol. The Morgan fingerprint density at radius 3 is 2.69 bits per heavy atom. The average Bonchev–Trinajstić information content (AvgIpc) is 2.04. The minimum Gasteiger partial charge on any atom is -0.185 e. The van der Waals surface area contributed by atoms with Crippen molar-refractivity contribution < 1.29 is 0 Å². The fraction of sp³-hybridized carbons (Fsp3) is 0.727. The van der Waals surface area contributed by atoms with Crippen molar-refractivity contribution in [1.82, 2.24) is 0 Å². The van der Waals surface area contributed by atoms with Crippen LogP contribution in [0.1, 0.15) is 40.0 Å². The highest BCUT2D eigenvalue weighted by Crippen LogP contribution is 2.14. The zero-order valence-corrected chi connectivity index (χ0v) is 9.66. The van der Waals surface area contributed by atoms with Gasteiger partial charge in [0.15, 0.2) is 0 Å². The third kappa shape index (κ3) is 9.49. The standard InChI is InChI=1S/C11H19NS/c1-10(2)5-4-6-11(3)7-8-13-9-12/h5,11H,4,6-8H2,1-3H3. The Bertz CT molecular complexity index is 187. The van der Waals surface area contributed by atoms with Crippen molar-refractivity contribution in [3.63, 3.8) is 0 Å². The third-order valence-corrected chi connectivity index (χ3v) is 2.56. The van der Waals surface area contributed by atoms with E-state index in [0.29, 0.717) is 0 Å². The molecule has 0 fully saturated rings. The van der Waals surface area contributed by atoms with Gasteiger partial charge >= 0.3 is 0 Å². The largest absolute Gasteiger partial charge is 0.185 e. The van der Waals surface area contributed by atoms with Gasteiger partial charge in [0.25, 0.3) is 0 Å². The van der Waals surface area contributed by atoms with Crippen molar-refractivity contribution >= 4 is 11.8 Å². The van der Waals surface area contributed by atoms with E-state index in [1.165, 1.54) is 30.2 Å². The SMILES string of the molecule is CC(C)=CCCC(C)CCSC#N. The first-order valence-electron chi connectivity index (χ1n) is 4.81. The molecule has 0 saturated carbocycles. The molecule has 0 rings (SSSR count). The second kappa shape index (κ2) is 8.19. The maximum absolute atomic E-state index is 8.33. The Labute approximate surface area is 86.2 Å². The molecule has 0 aliphatic rings. The van der Waals surface area contributed by atoms with Crippen LogP contribution < -0.4 is 0 Å². The number of nitrogens with zero attached hydrogens (tertiary/aromatic N) is 1. The van der Waals surface area contributed by atoms with Crippen LogP contribution in [0.25, 0.3) is 0 Å². The summed E-state index contributed by atoms with van der Waals surface area (Å²) in [7, 11) is 0. The molecule has 0 saturated heterocycles. The van der Waals surface area contributed by atoms with Crippen molar-refractivity contribution in [2.45, 2.75) is 40.0 Å². The van der Waals surface area contributed by atoms with Gasteiger partial charge in [-0.3, -0.25) is 0 Å². The summed E-state index contributed by atoms with van der Waals surface area (Å²) in [4.78, 5) is 0. The molecule has 13 heavy (non-hydrogen) atoms. The lowest BCUT2D eigenvalue weighted by molar-refractivity contribution is 0.525. The van der Waals surface area contributed by atoms with Crippen LogP contribution in [0.4, 0.5) is 0 Å². The van der Waals surface area contributed by atoms with Gasteiger partial charge in [-0.25, -0.2) is 0 Å². The second-order valence-corrected chi connectivity index (χ2v) is 4.57. The normalized spacial score (nSPS) is 11.8. The number of allylic oxidation sites excluding steroid dienone is 2. The van der Waals surface area contributed by atoms with E-state index < -0.39 is 0 Å². The van der Waals surface area contributed by atoms with Crippen molar-refractivity contribution in [2.24, 2.45) is 5.92 Å². The third-order valence-electron chi connectivity index (χ3n) is 1.99. The number of thiocyanates is 1. The van der Waals surface area contributed by atoms with E-state index in [1.54, 1.807) is 0 Å². The molecule has 0 aliphatic heterocycles. The fourth-order valence-corrected chi connectivity index (χ4v) is 1.72. The minimum absolute atomic E-state index is 0.747. The van der Waals surface area contributed by atoms with E-state index in [-0.39, 0.29) is 0 Å². The smallest absolute Gasteiger partial charge is 0.133 e. The Hall–Kier alpha value is -0.420. The Morgan fingerprint density at radius 2 is 2.15 bits per heavy atom. The first-order valence-corrected chi connectivity index (χ1v) is 5.79. The molecule has 0 radical (unpaired) electrons. The summed E-state index contributed by atoms with van der Waals surface area (Å²) >= 11 is 1.37. The zero-order chi connectivity index (χ0) is 10.1. The molecule has 0 aromatic rings. The molecule has 0 N–H and O–H groups in total. The summed E-state index contributed by atoms with van der Waals surface area (Å²) in [5, 5.41) is 10.4. The molecule has 74 valence electrons. The average molecular weight is 197 g/mol. The molecule has 2 heteroatoms. The molecule has 1 nitrogen and oxygen atoms in total. The maximum atomic E-state index is 8.33. The van der Waals surface area contributed by atoms with E-state index in [4.69, 9.17) is 5.26 Å². The van der Waals surface area contributed by atoms with Crippen LogP contribution in [-0.2, 0) is 0 Å². The van der Waals surface area contributed by atoms with Crippen LogP contribution in [0.15, 0.2) is 11.6 Å². The van der Waals surface area contributed by atoms with Crippen molar-refractivity contribution in [3.05, 3.63) is 11.6 Å². The maximum Gasteiger partial charge on any atom is 0.133 e. The molecule has 0 bridgehead atoms. The van der Waals surface area contributed by atoms with Crippen LogP contribution in [0.3, 0.4) is 0 Å². The number of hydrogen-bond acceptors (Lipinski definition) is 2. The topological polar surface area (TPSA) is 23.8 Å². The van der Waals surface area contributed by atoms with Crippen LogP contribution in [0, 0.1) is 16.6 Å². The molecule has 0 aromatic heterocycles. The van der Waals surface area contributed by atoms with Gasteiger partial charge in [-0.2, -0.15) is 5.26 Å². The quantitative estimate of drug-likeness (QED) is 0.365. The summed E-state index contributed by atoms with van der Waals surface area (Å²) in [6.07, 6.45) is 5.88. The summed E-state index contributed by atoms with van der Waals surface area (Å²) in [6.45, 7) is 6.53. The Kier molecular flexibility index (Phi) is 7.93. The van der Waals surface area contributed by atoms with Gasteiger partial charge in [0, 0.05) is 5.75 Å². The van der Waals surface area contributed by atoms with Gasteiger partial charge in [-0.1, -0.05) is 18.6 Å². The number of rotatable bonds is 6. The summed E-state index contributed by atoms with van der Waals surface area (Å²) in [5.41, 5.74) is 1.40. The second-order valence-electron chi connectivity index (χ2n) is 3.69. The molecule has 1 atom stereocenters. The highest BCUT2D eigenvalue weighted by atomic mass is 32.2. The fourth-order valence-electron chi connectivity index (χ4n) is 1.11. The van der Waals surface area contributed by atoms with E-state index in [2.05, 4.69) is 32.2 Å². The number of hydrogen-bond donors (Lipinski definition) is 0. The lowest BCUT2D eigenvalue weighted by atomic mass is 10.0. The van der Waals surface area contributed by atoms with Crippen LogP contribution in [0.5, 0.6) is 0 Å². The molecule has 0 aliphatic carbocycles. The van der Waals surface area contributed by atoms with Gasteiger partial charge in [0.2, 0.25) is 0 Å². The number of nitriles is 1.